The van der Waals surface area contributed by atoms with Crippen LogP contribution in [0.3, 0.4) is 0 Å². The number of nitrogens with zero attached hydrogens (tertiary/aromatic N) is 1. The summed E-state index contributed by atoms with van der Waals surface area (Å²) in [6.45, 7) is 6.72. The molecule has 0 aromatic rings. The summed E-state index contributed by atoms with van der Waals surface area (Å²) in [6.07, 6.45) is 46.1. The van der Waals surface area contributed by atoms with Gasteiger partial charge in [0.15, 0.2) is 12.1 Å². The fourth-order valence-corrected chi connectivity index (χ4v) is 8.88. The molecule has 3 atom stereocenters. The minimum Gasteiger partial charge on any atom is -0.463 e. The molecule has 0 aliphatic rings. The van der Waals surface area contributed by atoms with Crippen molar-refractivity contribution in [1.82, 2.24) is 0 Å². The first-order chi connectivity index (χ1) is 29.0. The first kappa shape index (κ1) is 58.9. The number of hydrogen-bond acceptors (Lipinski definition) is 7. The summed E-state index contributed by atoms with van der Waals surface area (Å²) in [5.74, 6) is -1.08. The van der Waals surface area contributed by atoms with Crippen LogP contribution < -0.4 is 0 Å². The van der Waals surface area contributed by atoms with Crippen molar-refractivity contribution in [1.29, 1.82) is 0 Å². The lowest BCUT2D eigenvalue weighted by atomic mass is 10.1. The van der Waals surface area contributed by atoms with Gasteiger partial charge in [-0.05, 0) is 71.1 Å². The number of ether oxygens (including phenoxy) is 2. The molecule has 0 aromatic heterocycles. The summed E-state index contributed by atoms with van der Waals surface area (Å²) >= 11 is 0. The number of aliphatic hydroxyl groups is 2. The van der Waals surface area contributed by atoms with Crippen molar-refractivity contribution in [2.24, 2.45) is 0 Å². The van der Waals surface area contributed by atoms with Gasteiger partial charge >= 0.3 is 13.6 Å². The quantitative estimate of drug-likeness (QED) is 0.0138. The van der Waals surface area contributed by atoms with Crippen molar-refractivity contribution >= 4 is 13.6 Å². The predicted molar refractivity (Wildman–Crippen MR) is 253 cm³/mol. The van der Waals surface area contributed by atoms with Crippen LogP contribution in [-0.2, 0) is 23.4 Å². The maximum Gasteiger partial charge on any atom is 0.384 e. The molecule has 10 heteroatoms. The molecular formula is C50H99NO8P+. The minimum atomic E-state index is -4.11. The summed E-state index contributed by atoms with van der Waals surface area (Å²) in [5, 5.41) is 18.7. The predicted octanol–water partition coefficient (Wildman–Crippen LogP) is 13.9. The highest BCUT2D eigenvalue weighted by Crippen LogP contribution is 2.50. The van der Waals surface area contributed by atoms with E-state index in [-0.39, 0.29) is 36.6 Å². The molecule has 0 radical (unpaired) electrons. The Kier molecular flexibility index (Phi) is 41.2. The van der Waals surface area contributed by atoms with Crippen LogP contribution in [0.15, 0.2) is 24.3 Å². The van der Waals surface area contributed by atoms with E-state index in [0.29, 0.717) is 13.0 Å². The molecule has 60 heavy (non-hydrogen) atoms. The third-order valence-electron chi connectivity index (χ3n) is 12.0. The van der Waals surface area contributed by atoms with Crippen molar-refractivity contribution in [3.63, 3.8) is 0 Å². The molecule has 0 amide bonds. The molecule has 0 saturated carbocycles. The van der Waals surface area contributed by atoms with Crippen LogP contribution in [-0.4, -0.2) is 84.2 Å². The Balaban J connectivity index is 4.42. The number of carbonyl (C=O) groups excluding carboxylic acids is 1. The SMILES string of the molecule is CCCCCCCC/C=C\CCCCCCCCCCCCO[C@H](COC(=O)CCCCCCC/C=C\CCCCCCCC)COP(=O)(O)C(C)[N+](C)(C)CCC(O)O. The van der Waals surface area contributed by atoms with Crippen molar-refractivity contribution < 1.29 is 42.9 Å². The van der Waals surface area contributed by atoms with Crippen LogP contribution in [0.25, 0.3) is 0 Å². The first-order valence-corrected chi connectivity index (χ1v) is 26.8. The second-order valence-corrected chi connectivity index (χ2v) is 20.3. The minimum absolute atomic E-state index is 0.0251. The highest BCUT2D eigenvalue weighted by atomic mass is 31.2. The number of allylic oxidation sites excluding steroid dienone is 4. The average Bonchev–Trinajstić information content (AvgIpc) is 3.22. The lowest BCUT2D eigenvalue weighted by molar-refractivity contribution is -0.901. The zero-order valence-electron chi connectivity index (χ0n) is 40.0. The van der Waals surface area contributed by atoms with Gasteiger partial charge in [0.25, 0.3) is 0 Å². The van der Waals surface area contributed by atoms with E-state index in [4.69, 9.17) is 14.0 Å². The topological polar surface area (TPSA) is 123 Å². The Hall–Kier alpha value is -1.06. The van der Waals surface area contributed by atoms with Crippen molar-refractivity contribution in [2.75, 3.05) is 40.5 Å². The van der Waals surface area contributed by atoms with E-state index < -0.39 is 25.8 Å². The summed E-state index contributed by atoms with van der Waals surface area (Å²) in [5.41, 5.74) is 0. The largest absolute Gasteiger partial charge is 0.463 e. The third kappa shape index (κ3) is 38.6. The van der Waals surface area contributed by atoms with Gasteiger partial charge in [-0.2, -0.15) is 0 Å². The fourth-order valence-electron chi connectivity index (χ4n) is 7.38. The zero-order chi connectivity index (χ0) is 44.4. The Morgan fingerprint density at radius 1 is 0.583 bits per heavy atom. The summed E-state index contributed by atoms with van der Waals surface area (Å²) in [4.78, 5) is 23.5. The fraction of sp³-hybridized carbons (Fsp3) is 0.900. The summed E-state index contributed by atoms with van der Waals surface area (Å²) < 4.78 is 30.7. The summed E-state index contributed by atoms with van der Waals surface area (Å²) in [7, 11) is -0.581. The average molecular weight is 873 g/mol. The van der Waals surface area contributed by atoms with E-state index in [9.17, 15) is 24.5 Å². The van der Waals surface area contributed by atoms with E-state index in [2.05, 4.69) is 38.2 Å². The highest BCUT2D eigenvalue weighted by Gasteiger charge is 2.41. The number of aliphatic hydroxyl groups excluding tert-OH is 1. The Morgan fingerprint density at radius 3 is 1.38 bits per heavy atom. The van der Waals surface area contributed by atoms with Gasteiger partial charge in [-0.1, -0.05) is 173 Å². The molecule has 0 saturated heterocycles. The van der Waals surface area contributed by atoms with Crippen molar-refractivity contribution in [2.45, 2.75) is 251 Å². The molecule has 0 heterocycles. The van der Waals surface area contributed by atoms with Crippen molar-refractivity contribution in [3.05, 3.63) is 24.3 Å². The number of carbonyl (C=O) groups is 1. The maximum absolute atomic E-state index is 13.3. The molecular weight excluding hydrogens is 774 g/mol. The summed E-state index contributed by atoms with van der Waals surface area (Å²) in [6, 6.07) is 0. The standard InChI is InChI=1S/C50H98NO8P/c1-6-8-10-12-14-16-18-20-22-23-24-25-26-28-30-32-34-36-38-40-44-57-48(46-59-60(55,56)47(3)51(4,5)43-42-49(52)53)45-58-50(54)41-39-37-35-33-31-29-27-21-19-17-15-13-11-9-7-2/h20-22,27,47-49,52-53H,6-19,23-26,28-46H2,1-5H3/p+1/b22-20-,27-21-/t47?,48-/m1/s1. The van der Waals surface area contributed by atoms with Gasteiger partial charge in [0.05, 0.1) is 27.2 Å². The highest BCUT2D eigenvalue weighted by molar-refractivity contribution is 7.53. The lowest BCUT2D eigenvalue weighted by Gasteiger charge is -2.37. The second kappa shape index (κ2) is 41.9. The van der Waals surface area contributed by atoms with Crippen LogP contribution in [0.4, 0.5) is 0 Å². The second-order valence-electron chi connectivity index (χ2n) is 18.1. The molecule has 0 bridgehead atoms. The van der Waals surface area contributed by atoms with Crippen LogP contribution in [0, 0.1) is 0 Å². The Bertz CT molecular complexity index is 1050. The van der Waals surface area contributed by atoms with E-state index >= 15 is 0 Å². The third-order valence-corrected chi connectivity index (χ3v) is 14.1. The molecule has 0 aliphatic heterocycles. The zero-order valence-corrected chi connectivity index (χ0v) is 40.9. The van der Waals surface area contributed by atoms with Crippen LogP contribution in [0.2, 0.25) is 0 Å². The molecule has 0 rings (SSSR count). The maximum atomic E-state index is 13.3. The number of esters is 1. The van der Waals surface area contributed by atoms with Gasteiger partial charge in [-0.15, -0.1) is 0 Å². The number of quaternary nitrogens is 1. The molecule has 0 spiro atoms. The molecule has 0 aliphatic carbocycles. The molecule has 0 aromatic carbocycles. The molecule has 2 unspecified atom stereocenters. The van der Waals surface area contributed by atoms with E-state index in [1.165, 1.54) is 148 Å². The van der Waals surface area contributed by atoms with E-state index in [0.717, 1.165) is 51.4 Å². The van der Waals surface area contributed by atoms with Gasteiger partial charge < -0.3 is 33.6 Å². The van der Waals surface area contributed by atoms with E-state index in [1.807, 2.05) is 0 Å². The number of hydrogen-bond donors (Lipinski definition) is 3. The number of rotatable bonds is 46. The van der Waals surface area contributed by atoms with E-state index in [1.54, 1.807) is 21.0 Å². The van der Waals surface area contributed by atoms with Gasteiger partial charge in [0.1, 0.15) is 12.7 Å². The first-order valence-electron chi connectivity index (χ1n) is 25.2. The molecule has 356 valence electrons. The van der Waals surface area contributed by atoms with Gasteiger partial charge in [-0.25, -0.2) is 0 Å². The normalized spacial score (nSPS) is 14.4. The monoisotopic (exact) mass is 873 g/mol. The Labute approximate surface area is 371 Å². The molecule has 9 nitrogen and oxygen atoms in total. The number of unbranched alkanes of at least 4 members (excludes halogenated alkanes) is 27. The molecule has 0 fully saturated rings. The van der Waals surface area contributed by atoms with Crippen LogP contribution in [0.5, 0.6) is 0 Å². The van der Waals surface area contributed by atoms with Crippen LogP contribution in [0.1, 0.15) is 233 Å². The lowest BCUT2D eigenvalue weighted by Crippen LogP contribution is -2.49. The van der Waals surface area contributed by atoms with Gasteiger partial charge in [0, 0.05) is 19.4 Å². The van der Waals surface area contributed by atoms with Gasteiger partial charge in [-0.3, -0.25) is 9.36 Å². The van der Waals surface area contributed by atoms with Gasteiger partial charge in [0.2, 0.25) is 0 Å². The smallest absolute Gasteiger partial charge is 0.384 e. The van der Waals surface area contributed by atoms with Crippen molar-refractivity contribution in [3.8, 4) is 0 Å². The molecule has 3 N–H and O–H groups in total. The Morgan fingerprint density at radius 2 is 0.967 bits per heavy atom. The van der Waals surface area contributed by atoms with Crippen LogP contribution >= 0.6 is 7.60 Å².